The summed E-state index contributed by atoms with van der Waals surface area (Å²) in [7, 11) is 0. The van der Waals surface area contributed by atoms with Crippen LogP contribution >= 0.6 is 0 Å². The minimum Gasteiger partial charge on any atom is -0.349 e. The van der Waals surface area contributed by atoms with Crippen molar-refractivity contribution in [1.29, 1.82) is 0 Å². The van der Waals surface area contributed by atoms with Gasteiger partial charge in [0.25, 0.3) is 11.8 Å². The second-order valence-corrected chi connectivity index (χ2v) is 8.03. The van der Waals surface area contributed by atoms with Gasteiger partial charge in [-0.1, -0.05) is 12.1 Å². The predicted molar refractivity (Wildman–Crippen MR) is 116 cm³/mol. The van der Waals surface area contributed by atoms with E-state index in [4.69, 9.17) is 0 Å². The van der Waals surface area contributed by atoms with Crippen LogP contribution in [0.25, 0.3) is 11.0 Å². The molecular formula is C24H24N4O2. The molecular weight excluding hydrogens is 376 g/mol. The van der Waals surface area contributed by atoms with Crippen LogP contribution in [0.4, 0.5) is 0 Å². The lowest BCUT2D eigenvalue weighted by molar-refractivity contribution is 0.0903. The molecule has 4 aromatic rings. The molecule has 0 spiro atoms. The molecule has 2 unspecified atom stereocenters. The van der Waals surface area contributed by atoms with Gasteiger partial charge in [-0.25, -0.2) is 0 Å². The number of carbonyl (C=O) groups excluding carboxylic acids is 2. The second kappa shape index (κ2) is 7.71. The molecule has 0 aromatic carbocycles. The van der Waals surface area contributed by atoms with E-state index >= 15 is 0 Å². The van der Waals surface area contributed by atoms with Crippen LogP contribution in [0.3, 0.4) is 0 Å². The number of amides is 2. The smallest absolute Gasteiger partial charge is 0.253 e. The number of rotatable bonds is 4. The third kappa shape index (κ3) is 3.68. The van der Waals surface area contributed by atoms with Crippen LogP contribution in [0.1, 0.15) is 46.4 Å². The molecule has 2 atom stereocenters. The van der Waals surface area contributed by atoms with Gasteiger partial charge in [0.15, 0.2) is 0 Å². The summed E-state index contributed by atoms with van der Waals surface area (Å²) in [6.07, 6.45) is 11.2. The largest absolute Gasteiger partial charge is 0.349 e. The maximum atomic E-state index is 12.7. The zero-order chi connectivity index (χ0) is 20.5. The first kappa shape index (κ1) is 18.5. The Bertz CT molecular complexity index is 1060. The average molecular weight is 400 g/mol. The lowest BCUT2D eigenvalue weighted by Gasteiger charge is -2.30. The third-order valence-electron chi connectivity index (χ3n) is 5.88. The molecule has 4 heterocycles. The molecule has 1 aliphatic carbocycles. The molecule has 152 valence electrons. The van der Waals surface area contributed by atoms with Crippen molar-refractivity contribution in [2.45, 2.75) is 37.8 Å². The summed E-state index contributed by atoms with van der Waals surface area (Å²) in [5.74, 6) is -0.122. The van der Waals surface area contributed by atoms with Crippen LogP contribution in [0.5, 0.6) is 0 Å². The number of nitrogens with zero attached hydrogens (tertiary/aromatic N) is 2. The lowest BCUT2D eigenvalue weighted by Crippen LogP contribution is -2.45. The third-order valence-corrected chi connectivity index (χ3v) is 5.88. The first-order valence-electron chi connectivity index (χ1n) is 10.4. The van der Waals surface area contributed by atoms with E-state index in [0.717, 1.165) is 36.7 Å². The molecule has 0 radical (unpaired) electrons. The molecule has 6 nitrogen and oxygen atoms in total. The number of hydrogen-bond acceptors (Lipinski definition) is 2. The van der Waals surface area contributed by atoms with Gasteiger partial charge in [0.2, 0.25) is 0 Å². The molecule has 2 amide bonds. The Morgan fingerprint density at radius 2 is 1.27 bits per heavy atom. The maximum Gasteiger partial charge on any atom is 0.253 e. The maximum absolute atomic E-state index is 12.7. The van der Waals surface area contributed by atoms with Gasteiger partial charge in [-0.15, -0.1) is 0 Å². The molecule has 1 fully saturated rings. The van der Waals surface area contributed by atoms with Crippen molar-refractivity contribution in [3.63, 3.8) is 0 Å². The topological polar surface area (TPSA) is 67.0 Å². The van der Waals surface area contributed by atoms with Gasteiger partial charge in [-0.3, -0.25) is 9.59 Å². The summed E-state index contributed by atoms with van der Waals surface area (Å²) in [4.78, 5) is 25.4. The Morgan fingerprint density at radius 1 is 0.767 bits per heavy atom. The van der Waals surface area contributed by atoms with Crippen LogP contribution in [-0.2, 0) is 0 Å². The molecule has 0 bridgehead atoms. The highest BCUT2D eigenvalue weighted by molar-refractivity contribution is 5.96. The highest BCUT2D eigenvalue weighted by atomic mass is 16.2. The fourth-order valence-electron chi connectivity index (χ4n) is 4.35. The van der Waals surface area contributed by atoms with Crippen molar-refractivity contribution in [2.75, 3.05) is 0 Å². The number of nitrogens with one attached hydrogen (secondary N) is 2. The summed E-state index contributed by atoms with van der Waals surface area (Å²) in [5, 5.41) is 6.31. The van der Waals surface area contributed by atoms with E-state index in [2.05, 4.69) is 10.6 Å². The van der Waals surface area contributed by atoms with Crippen molar-refractivity contribution in [3.8, 4) is 0 Å². The van der Waals surface area contributed by atoms with E-state index in [1.165, 1.54) is 0 Å². The van der Waals surface area contributed by atoms with Gasteiger partial charge in [0, 0.05) is 47.9 Å². The van der Waals surface area contributed by atoms with Crippen LogP contribution in [0, 0.1) is 0 Å². The molecule has 0 aliphatic heterocycles. The van der Waals surface area contributed by atoms with Crippen molar-refractivity contribution >= 4 is 22.8 Å². The Balaban J connectivity index is 1.22. The zero-order valence-electron chi connectivity index (χ0n) is 16.6. The second-order valence-electron chi connectivity index (χ2n) is 8.03. The minimum atomic E-state index is -0.0608. The summed E-state index contributed by atoms with van der Waals surface area (Å²) >= 11 is 0. The highest BCUT2D eigenvalue weighted by Crippen LogP contribution is 2.20. The van der Waals surface area contributed by atoms with Crippen molar-refractivity contribution < 1.29 is 9.59 Å². The minimum absolute atomic E-state index is 0.0608. The number of hydrogen-bond donors (Lipinski definition) is 2. The van der Waals surface area contributed by atoms with Gasteiger partial charge < -0.3 is 19.4 Å². The van der Waals surface area contributed by atoms with Crippen LogP contribution in [0.15, 0.2) is 73.3 Å². The number of aromatic nitrogens is 2. The fraction of sp³-hybridized carbons (Fsp3) is 0.250. The summed E-state index contributed by atoms with van der Waals surface area (Å²) in [6, 6.07) is 15.7. The Hall–Kier alpha value is -3.54. The van der Waals surface area contributed by atoms with E-state index in [0.29, 0.717) is 11.1 Å². The first-order chi connectivity index (χ1) is 14.7. The lowest BCUT2D eigenvalue weighted by atomic mass is 9.90. The summed E-state index contributed by atoms with van der Waals surface area (Å²) in [5.41, 5.74) is 3.31. The van der Waals surface area contributed by atoms with E-state index in [1.54, 1.807) is 0 Å². The molecule has 1 saturated carbocycles. The standard InChI is InChI=1S/C24H24N4O2/c29-23(17-12-21-8-1-3-10-27(21)15-17)25-19-6-5-7-20(14-19)26-24(30)18-13-22-9-2-4-11-28(22)16-18/h1-4,8-13,15-16,19-20H,5-7,14H2,(H,25,29)(H,26,30). The van der Waals surface area contributed by atoms with E-state index in [1.807, 2.05) is 82.1 Å². The molecule has 4 aromatic heterocycles. The van der Waals surface area contributed by atoms with E-state index in [9.17, 15) is 9.59 Å². The Morgan fingerprint density at radius 3 is 1.73 bits per heavy atom. The number of fused-ring (bicyclic) bond motifs is 2. The van der Waals surface area contributed by atoms with Crippen LogP contribution in [0.2, 0.25) is 0 Å². The first-order valence-corrected chi connectivity index (χ1v) is 10.4. The monoisotopic (exact) mass is 400 g/mol. The van der Waals surface area contributed by atoms with Gasteiger partial charge in [0.1, 0.15) is 0 Å². The molecule has 5 rings (SSSR count). The highest BCUT2D eigenvalue weighted by Gasteiger charge is 2.25. The molecule has 30 heavy (non-hydrogen) atoms. The van der Waals surface area contributed by atoms with Crippen LogP contribution in [-0.4, -0.2) is 32.7 Å². The van der Waals surface area contributed by atoms with Gasteiger partial charge in [-0.05, 0) is 62.1 Å². The molecule has 6 heteroatoms. The molecule has 2 N–H and O–H groups in total. The van der Waals surface area contributed by atoms with Crippen molar-refractivity contribution in [1.82, 2.24) is 19.4 Å². The average Bonchev–Trinajstić information content (AvgIpc) is 3.38. The van der Waals surface area contributed by atoms with Gasteiger partial charge in [-0.2, -0.15) is 0 Å². The van der Waals surface area contributed by atoms with Crippen molar-refractivity contribution in [2.24, 2.45) is 0 Å². The normalized spacial score (nSPS) is 19.1. The molecule has 1 aliphatic rings. The van der Waals surface area contributed by atoms with Crippen LogP contribution < -0.4 is 10.6 Å². The molecule has 0 saturated heterocycles. The quantitative estimate of drug-likeness (QED) is 0.549. The van der Waals surface area contributed by atoms with E-state index in [-0.39, 0.29) is 23.9 Å². The van der Waals surface area contributed by atoms with Crippen molar-refractivity contribution in [3.05, 3.63) is 84.4 Å². The van der Waals surface area contributed by atoms with Gasteiger partial charge >= 0.3 is 0 Å². The fourth-order valence-corrected chi connectivity index (χ4v) is 4.35. The zero-order valence-corrected chi connectivity index (χ0v) is 16.6. The Kier molecular flexibility index (Phi) is 4.75. The summed E-state index contributed by atoms with van der Waals surface area (Å²) < 4.78 is 3.89. The SMILES string of the molecule is O=C(NC1CCCC(NC(=O)c2cc3ccccn3c2)C1)c1cc2ccccn2c1. The summed E-state index contributed by atoms with van der Waals surface area (Å²) in [6.45, 7) is 0. The Labute approximate surface area is 174 Å². The van der Waals surface area contributed by atoms with E-state index < -0.39 is 0 Å². The predicted octanol–water partition coefficient (Wildman–Crippen LogP) is 3.66. The number of pyridine rings is 2. The van der Waals surface area contributed by atoms with Gasteiger partial charge in [0.05, 0.1) is 11.1 Å². The number of carbonyl (C=O) groups is 2.